The molecule has 0 aliphatic carbocycles. The van der Waals surface area contributed by atoms with Crippen molar-refractivity contribution in [2.24, 2.45) is 0 Å². The molecule has 4 heteroatoms. The fourth-order valence-corrected chi connectivity index (χ4v) is 1.30. The fraction of sp³-hybridized carbons (Fsp3) is 0.455. The first-order valence-corrected chi connectivity index (χ1v) is 4.72. The van der Waals surface area contributed by atoms with E-state index in [0.717, 1.165) is 12.1 Å². The summed E-state index contributed by atoms with van der Waals surface area (Å²) in [6.07, 6.45) is -3.80. The molecule has 1 aromatic rings. The van der Waals surface area contributed by atoms with Crippen LogP contribution in [0.15, 0.2) is 18.2 Å². The van der Waals surface area contributed by atoms with Crippen LogP contribution >= 0.6 is 0 Å². The number of rotatable bonds is 2. The zero-order chi connectivity index (χ0) is 11.6. The molecule has 0 radical (unpaired) electrons. The van der Waals surface area contributed by atoms with Crippen molar-refractivity contribution in [1.82, 2.24) is 0 Å². The molecule has 84 valence electrons. The molecule has 0 saturated carbocycles. The Morgan fingerprint density at radius 2 is 1.80 bits per heavy atom. The van der Waals surface area contributed by atoms with Crippen LogP contribution in [0.5, 0.6) is 0 Å². The van der Waals surface area contributed by atoms with E-state index >= 15 is 0 Å². The van der Waals surface area contributed by atoms with E-state index in [2.05, 4.69) is 0 Å². The second-order valence-electron chi connectivity index (χ2n) is 3.58. The summed E-state index contributed by atoms with van der Waals surface area (Å²) in [5, 5.41) is 0. The first kappa shape index (κ1) is 12.0. The molecule has 0 aliphatic heterocycles. The lowest BCUT2D eigenvalue weighted by molar-refractivity contribution is -0.137. The first-order chi connectivity index (χ1) is 6.84. The van der Waals surface area contributed by atoms with Crippen LogP contribution in [0.2, 0.25) is 0 Å². The Kier molecular flexibility index (Phi) is 3.37. The molecule has 1 aromatic carbocycles. The number of hydrogen-bond donors (Lipinski definition) is 0. The van der Waals surface area contributed by atoms with Crippen LogP contribution in [0.3, 0.4) is 0 Å². The molecule has 1 atom stereocenters. The smallest absolute Gasteiger partial charge is 0.207 e. The maximum atomic E-state index is 13.0. The van der Waals surface area contributed by atoms with Crippen LogP contribution in [0, 0.1) is 5.82 Å². The van der Waals surface area contributed by atoms with Crippen molar-refractivity contribution in [2.75, 3.05) is 0 Å². The quantitative estimate of drug-likeness (QED) is 0.649. The van der Waals surface area contributed by atoms with E-state index in [-0.39, 0.29) is 5.92 Å². The van der Waals surface area contributed by atoms with Gasteiger partial charge >= 0.3 is 6.18 Å². The van der Waals surface area contributed by atoms with Crippen LogP contribution in [0.4, 0.5) is 17.6 Å². The van der Waals surface area contributed by atoms with Gasteiger partial charge in [-0.15, -0.1) is 0 Å². The summed E-state index contributed by atoms with van der Waals surface area (Å²) in [7, 11) is 0. The molecular weight excluding hydrogens is 208 g/mol. The Morgan fingerprint density at radius 1 is 1.20 bits per heavy atom. The maximum absolute atomic E-state index is 13.0. The Morgan fingerprint density at radius 3 is 2.27 bits per heavy atom. The normalized spacial score (nSPS) is 14.0. The number of halogens is 4. The van der Waals surface area contributed by atoms with E-state index in [1.54, 1.807) is 6.92 Å². The van der Waals surface area contributed by atoms with Gasteiger partial charge in [0.25, 0.3) is 0 Å². The Balaban J connectivity index is 3.17. The van der Waals surface area contributed by atoms with E-state index in [0.29, 0.717) is 18.1 Å². The Hall–Kier alpha value is -1.06. The molecule has 0 bridgehead atoms. The summed E-state index contributed by atoms with van der Waals surface area (Å²) in [4.78, 5) is 0. The molecule has 0 unspecified atom stereocenters. The lowest BCUT2D eigenvalue weighted by Crippen LogP contribution is -2.07. The third-order valence-electron chi connectivity index (χ3n) is 2.43. The van der Waals surface area contributed by atoms with Gasteiger partial charge in [0.2, 0.25) is 0 Å². The molecule has 0 spiro atoms. The predicted octanol–water partition coefficient (Wildman–Crippen LogP) is 4.36. The third-order valence-corrected chi connectivity index (χ3v) is 2.43. The molecule has 0 fully saturated rings. The van der Waals surface area contributed by atoms with Crippen LogP contribution < -0.4 is 0 Å². The summed E-state index contributed by atoms with van der Waals surface area (Å²) >= 11 is 0. The second kappa shape index (κ2) is 4.21. The Bertz CT molecular complexity index is 341. The highest BCUT2D eigenvalue weighted by Gasteiger charge is 2.31. The van der Waals surface area contributed by atoms with Gasteiger partial charge in [-0.2, -0.15) is 13.2 Å². The molecule has 0 aromatic heterocycles. The van der Waals surface area contributed by atoms with Gasteiger partial charge in [0.15, 0.2) is 0 Å². The highest BCUT2D eigenvalue weighted by molar-refractivity contribution is 5.28. The van der Waals surface area contributed by atoms with Crippen molar-refractivity contribution < 1.29 is 17.6 Å². The lowest BCUT2D eigenvalue weighted by Gasteiger charge is -2.13. The third kappa shape index (κ3) is 2.94. The summed E-state index contributed by atoms with van der Waals surface area (Å²) in [5.41, 5.74) is -0.525. The van der Waals surface area contributed by atoms with Gasteiger partial charge < -0.3 is 0 Å². The minimum atomic E-state index is -4.48. The van der Waals surface area contributed by atoms with E-state index < -0.39 is 17.6 Å². The zero-order valence-electron chi connectivity index (χ0n) is 8.53. The van der Waals surface area contributed by atoms with E-state index in [4.69, 9.17) is 0 Å². The molecule has 0 nitrogen and oxygen atoms in total. The largest absolute Gasteiger partial charge is 0.416 e. The van der Waals surface area contributed by atoms with Gasteiger partial charge in [0.05, 0.1) is 5.56 Å². The number of alkyl halides is 3. The van der Waals surface area contributed by atoms with Crippen LogP contribution in [-0.2, 0) is 6.18 Å². The summed E-state index contributed by atoms with van der Waals surface area (Å²) < 4.78 is 50.0. The van der Waals surface area contributed by atoms with Crippen molar-refractivity contribution in [2.45, 2.75) is 32.4 Å². The molecule has 0 heterocycles. The van der Waals surface area contributed by atoms with E-state index in [1.165, 1.54) is 0 Å². The minimum Gasteiger partial charge on any atom is -0.207 e. The van der Waals surface area contributed by atoms with Crippen molar-refractivity contribution in [3.8, 4) is 0 Å². The van der Waals surface area contributed by atoms with Crippen LogP contribution in [0.1, 0.15) is 37.3 Å². The van der Waals surface area contributed by atoms with E-state index in [1.807, 2.05) is 6.92 Å². The van der Waals surface area contributed by atoms with Crippen molar-refractivity contribution >= 4 is 0 Å². The number of benzene rings is 1. The van der Waals surface area contributed by atoms with Gasteiger partial charge in [-0.1, -0.05) is 13.8 Å². The zero-order valence-corrected chi connectivity index (χ0v) is 8.53. The van der Waals surface area contributed by atoms with E-state index in [9.17, 15) is 17.6 Å². The molecule has 0 saturated heterocycles. The second-order valence-corrected chi connectivity index (χ2v) is 3.58. The highest BCUT2D eigenvalue weighted by Crippen LogP contribution is 2.32. The molecule has 0 N–H and O–H groups in total. The molecule has 0 amide bonds. The Labute approximate surface area is 85.9 Å². The number of hydrogen-bond acceptors (Lipinski definition) is 0. The molecular formula is C11H12F4. The predicted molar refractivity (Wildman–Crippen MR) is 50.1 cm³/mol. The average molecular weight is 220 g/mol. The average Bonchev–Trinajstić information content (AvgIpc) is 2.14. The van der Waals surface area contributed by atoms with Gasteiger partial charge in [-0.25, -0.2) is 4.39 Å². The summed E-state index contributed by atoms with van der Waals surface area (Å²) in [5.74, 6) is -0.901. The van der Waals surface area contributed by atoms with Crippen molar-refractivity contribution in [3.05, 3.63) is 35.1 Å². The SMILES string of the molecule is CC[C@H](C)c1cc(F)cc(C(F)(F)F)c1. The first-order valence-electron chi connectivity index (χ1n) is 4.72. The van der Waals surface area contributed by atoms with Crippen LogP contribution in [-0.4, -0.2) is 0 Å². The topological polar surface area (TPSA) is 0 Å². The summed E-state index contributed by atoms with van der Waals surface area (Å²) in [6, 6.07) is 2.69. The van der Waals surface area contributed by atoms with Gasteiger partial charge in [0, 0.05) is 0 Å². The van der Waals surface area contributed by atoms with Crippen LogP contribution in [0.25, 0.3) is 0 Å². The highest BCUT2D eigenvalue weighted by atomic mass is 19.4. The van der Waals surface area contributed by atoms with Crippen molar-refractivity contribution in [3.63, 3.8) is 0 Å². The van der Waals surface area contributed by atoms with Crippen molar-refractivity contribution in [1.29, 1.82) is 0 Å². The van der Waals surface area contributed by atoms with Gasteiger partial charge in [0.1, 0.15) is 5.82 Å². The molecule has 1 rings (SSSR count). The molecule has 15 heavy (non-hydrogen) atoms. The van der Waals surface area contributed by atoms with Gasteiger partial charge in [-0.05, 0) is 36.1 Å². The van der Waals surface area contributed by atoms with Gasteiger partial charge in [-0.3, -0.25) is 0 Å². The standard InChI is InChI=1S/C11H12F4/c1-3-7(2)8-4-9(11(13,14)15)6-10(12)5-8/h4-7H,3H2,1-2H3/t7-/m0/s1. The monoisotopic (exact) mass is 220 g/mol. The maximum Gasteiger partial charge on any atom is 0.416 e. The minimum absolute atomic E-state index is 0.0678. The fourth-order valence-electron chi connectivity index (χ4n) is 1.30. The lowest BCUT2D eigenvalue weighted by atomic mass is 9.96. The summed E-state index contributed by atoms with van der Waals surface area (Å²) in [6.45, 7) is 3.62. The molecule has 0 aliphatic rings.